The van der Waals surface area contributed by atoms with Gasteiger partial charge >= 0.3 is 5.97 Å². The van der Waals surface area contributed by atoms with E-state index in [2.05, 4.69) is 39.8 Å². The second-order valence-corrected chi connectivity index (χ2v) is 7.40. The maximum atomic E-state index is 12.7. The molecular weight excluding hydrogens is 354 g/mol. The molecule has 0 atom stereocenters. The number of hydrogen-bond acceptors (Lipinski definition) is 4. The third kappa shape index (κ3) is 3.92. The molecule has 1 amide bonds. The highest BCUT2D eigenvalue weighted by atomic mass is 16.4. The molecule has 2 aromatic carbocycles. The fourth-order valence-electron chi connectivity index (χ4n) is 3.89. The Hall–Kier alpha value is -3.12. The van der Waals surface area contributed by atoms with Crippen LogP contribution in [-0.4, -0.2) is 40.6 Å². The lowest BCUT2D eigenvalue weighted by atomic mass is 9.91. The first-order valence-electron chi connectivity index (χ1n) is 9.45. The summed E-state index contributed by atoms with van der Waals surface area (Å²) >= 11 is 0. The Bertz CT molecular complexity index is 916. The lowest BCUT2D eigenvalue weighted by molar-refractivity contribution is -0.131. The number of nitrogens with zero attached hydrogens (tertiary/aromatic N) is 1. The first-order chi connectivity index (χ1) is 13.5. The second-order valence-electron chi connectivity index (χ2n) is 7.40. The van der Waals surface area contributed by atoms with E-state index in [0.29, 0.717) is 11.1 Å². The summed E-state index contributed by atoms with van der Waals surface area (Å²) in [7, 11) is 0. The number of fused-ring (bicyclic) bond motifs is 1. The van der Waals surface area contributed by atoms with Gasteiger partial charge in [0.2, 0.25) is 0 Å². The minimum atomic E-state index is -1.01. The second kappa shape index (κ2) is 7.48. The fraction of sp³-hybridized carbons (Fsp3) is 0.273. The van der Waals surface area contributed by atoms with Crippen LogP contribution in [0.15, 0.2) is 54.6 Å². The first-order valence-corrected chi connectivity index (χ1v) is 9.45. The van der Waals surface area contributed by atoms with E-state index in [1.165, 1.54) is 11.6 Å². The highest BCUT2D eigenvalue weighted by Gasteiger charge is 2.40. The Morgan fingerprint density at radius 2 is 1.86 bits per heavy atom. The van der Waals surface area contributed by atoms with Crippen molar-refractivity contribution in [3.8, 4) is 0 Å². The maximum absolute atomic E-state index is 12.7. The summed E-state index contributed by atoms with van der Waals surface area (Å²) in [5.41, 5.74) is 2.91. The zero-order chi connectivity index (χ0) is 19.6. The van der Waals surface area contributed by atoms with E-state index in [4.69, 9.17) is 5.11 Å². The molecular formula is C22H23N3O3. The lowest BCUT2D eigenvalue weighted by Crippen LogP contribution is -2.62. The minimum absolute atomic E-state index is 0.115. The van der Waals surface area contributed by atoms with Gasteiger partial charge in [-0.25, -0.2) is 4.79 Å². The quantitative estimate of drug-likeness (QED) is 0.714. The molecule has 2 aliphatic heterocycles. The van der Waals surface area contributed by atoms with Gasteiger partial charge in [0.25, 0.3) is 5.91 Å². The average Bonchev–Trinajstić information content (AvgIpc) is 2.69. The number of benzene rings is 2. The van der Waals surface area contributed by atoms with Crippen molar-refractivity contribution in [3.05, 3.63) is 71.3 Å². The Labute approximate surface area is 163 Å². The van der Waals surface area contributed by atoms with E-state index in [1.807, 2.05) is 18.2 Å². The smallest absolute Gasteiger partial charge is 0.328 e. The summed E-state index contributed by atoms with van der Waals surface area (Å²) in [6.45, 7) is 2.72. The van der Waals surface area contributed by atoms with E-state index in [1.54, 1.807) is 6.07 Å². The summed E-state index contributed by atoms with van der Waals surface area (Å²) in [5.74, 6) is -1.13. The van der Waals surface area contributed by atoms with E-state index in [0.717, 1.165) is 44.2 Å². The van der Waals surface area contributed by atoms with Crippen LogP contribution in [0.1, 0.15) is 34.3 Å². The predicted octanol–water partition coefficient (Wildman–Crippen LogP) is 2.93. The SMILES string of the molecule is O=C(O)C=Cc1ccc2c(c1)C(=O)NC1(CCN(Cc3ccccc3)CC1)N2. The molecule has 6 heteroatoms. The van der Waals surface area contributed by atoms with Crippen molar-refractivity contribution in [1.29, 1.82) is 0 Å². The highest BCUT2D eigenvalue weighted by molar-refractivity contribution is 6.03. The van der Waals surface area contributed by atoms with E-state index >= 15 is 0 Å². The molecule has 0 bridgehead atoms. The Morgan fingerprint density at radius 3 is 2.57 bits per heavy atom. The number of rotatable bonds is 4. The van der Waals surface area contributed by atoms with Gasteiger partial charge in [0.15, 0.2) is 0 Å². The van der Waals surface area contributed by atoms with Gasteiger partial charge in [0.05, 0.1) is 5.56 Å². The molecule has 2 aliphatic rings. The molecule has 2 heterocycles. The Balaban J connectivity index is 1.44. The van der Waals surface area contributed by atoms with E-state index in [-0.39, 0.29) is 5.91 Å². The van der Waals surface area contributed by atoms with Crippen LogP contribution in [-0.2, 0) is 11.3 Å². The number of piperidine rings is 1. The van der Waals surface area contributed by atoms with E-state index in [9.17, 15) is 9.59 Å². The molecule has 28 heavy (non-hydrogen) atoms. The van der Waals surface area contributed by atoms with Gasteiger partial charge in [-0.2, -0.15) is 0 Å². The van der Waals surface area contributed by atoms with Crippen LogP contribution in [0.3, 0.4) is 0 Å². The molecule has 6 nitrogen and oxygen atoms in total. The van der Waals surface area contributed by atoms with Crippen LogP contribution >= 0.6 is 0 Å². The van der Waals surface area contributed by atoms with Crippen LogP contribution in [0, 0.1) is 0 Å². The van der Waals surface area contributed by atoms with Gasteiger partial charge in [-0.3, -0.25) is 9.69 Å². The number of carbonyl (C=O) groups is 2. The van der Waals surface area contributed by atoms with Crippen molar-refractivity contribution in [2.45, 2.75) is 25.0 Å². The van der Waals surface area contributed by atoms with Crippen molar-refractivity contribution in [2.24, 2.45) is 0 Å². The van der Waals surface area contributed by atoms with Gasteiger partial charge in [0, 0.05) is 44.2 Å². The summed E-state index contributed by atoms with van der Waals surface area (Å²) < 4.78 is 0. The number of hydrogen-bond donors (Lipinski definition) is 3. The zero-order valence-corrected chi connectivity index (χ0v) is 15.5. The average molecular weight is 377 g/mol. The van der Waals surface area contributed by atoms with Gasteiger partial charge in [0.1, 0.15) is 5.66 Å². The number of anilines is 1. The minimum Gasteiger partial charge on any atom is -0.478 e. The molecule has 0 aliphatic carbocycles. The highest BCUT2D eigenvalue weighted by Crippen LogP contribution is 2.32. The van der Waals surface area contributed by atoms with Crippen molar-refractivity contribution >= 4 is 23.6 Å². The van der Waals surface area contributed by atoms with E-state index < -0.39 is 11.6 Å². The number of amides is 1. The van der Waals surface area contributed by atoms with Gasteiger partial charge < -0.3 is 15.7 Å². The molecule has 1 spiro atoms. The number of carboxylic acids is 1. The predicted molar refractivity (Wildman–Crippen MR) is 108 cm³/mol. The standard InChI is InChI=1S/C22H23N3O3/c26-20(27)9-7-16-6-8-19-18(14-16)21(28)24-22(23-19)10-12-25(13-11-22)15-17-4-2-1-3-5-17/h1-9,14,23H,10-13,15H2,(H,24,28)(H,26,27). The van der Waals surface area contributed by atoms with Crippen LogP contribution < -0.4 is 10.6 Å². The van der Waals surface area contributed by atoms with Gasteiger partial charge in [-0.05, 0) is 29.3 Å². The molecule has 1 fully saturated rings. The third-order valence-electron chi connectivity index (χ3n) is 5.39. The van der Waals surface area contributed by atoms with Crippen LogP contribution in [0.4, 0.5) is 5.69 Å². The number of nitrogens with one attached hydrogen (secondary N) is 2. The summed E-state index contributed by atoms with van der Waals surface area (Å²) in [6.07, 6.45) is 4.21. The number of likely N-dealkylation sites (tertiary alicyclic amines) is 1. The summed E-state index contributed by atoms with van der Waals surface area (Å²) in [6, 6.07) is 15.8. The van der Waals surface area contributed by atoms with Crippen LogP contribution in [0.2, 0.25) is 0 Å². The fourth-order valence-corrected chi connectivity index (χ4v) is 3.89. The van der Waals surface area contributed by atoms with Crippen molar-refractivity contribution < 1.29 is 14.7 Å². The van der Waals surface area contributed by atoms with Gasteiger partial charge in [-0.15, -0.1) is 0 Å². The lowest BCUT2D eigenvalue weighted by Gasteiger charge is -2.46. The number of aliphatic carboxylic acids is 1. The maximum Gasteiger partial charge on any atom is 0.328 e. The molecule has 0 radical (unpaired) electrons. The number of carbonyl (C=O) groups excluding carboxylic acids is 1. The van der Waals surface area contributed by atoms with Crippen molar-refractivity contribution in [2.75, 3.05) is 18.4 Å². The Morgan fingerprint density at radius 1 is 1.11 bits per heavy atom. The molecule has 144 valence electrons. The molecule has 2 aromatic rings. The molecule has 4 rings (SSSR count). The molecule has 0 unspecified atom stereocenters. The summed E-state index contributed by atoms with van der Waals surface area (Å²) in [4.78, 5) is 25.8. The Kier molecular flexibility index (Phi) is 4.88. The topological polar surface area (TPSA) is 81.7 Å². The molecule has 0 aromatic heterocycles. The molecule has 1 saturated heterocycles. The zero-order valence-electron chi connectivity index (χ0n) is 15.5. The third-order valence-corrected chi connectivity index (χ3v) is 5.39. The van der Waals surface area contributed by atoms with Crippen LogP contribution in [0.5, 0.6) is 0 Å². The number of carboxylic acid groups (broad SMARTS) is 1. The molecule has 0 saturated carbocycles. The largest absolute Gasteiger partial charge is 0.478 e. The normalized spacial score (nSPS) is 18.5. The first kappa shape index (κ1) is 18.3. The van der Waals surface area contributed by atoms with Crippen molar-refractivity contribution in [3.63, 3.8) is 0 Å². The molecule has 3 N–H and O–H groups in total. The summed E-state index contributed by atoms with van der Waals surface area (Å²) in [5, 5.41) is 15.4. The monoisotopic (exact) mass is 377 g/mol. The van der Waals surface area contributed by atoms with Crippen LogP contribution in [0.25, 0.3) is 6.08 Å². The van der Waals surface area contributed by atoms with Crippen molar-refractivity contribution in [1.82, 2.24) is 10.2 Å². The van der Waals surface area contributed by atoms with Gasteiger partial charge in [-0.1, -0.05) is 36.4 Å².